The van der Waals surface area contributed by atoms with Crippen molar-refractivity contribution in [1.29, 1.82) is 0 Å². The van der Waals surface area contributed by atoms with Gasteiger partial charge >= 0.3 is 0 Å². The molecule has 1 N–H and O–H groups in total. The van der Waals surface area contributed by atoms with Gasteiger partial charge in [0.15, 0.2) is 0 Å². The van der Waals surface area contributed by atoms with E-state index in [1.54, 1.807) is 0 Å². The summed E-state index contributed by atoms with van der Waals surface area (Å²) in [5.74, 6) is 1.01. The lowest BCUT2D eigenvalue weighted by Crippen LogP contribution is -2.46. The first-order chi connectivity index (χ1) is 13.8. The van der Waals surface area contributed by atoms with Gasteiger partial charge in [0.25, 0.3) is 0 Å². The minimum atomic E-state index is 0.102. The Bertz CT molecular complexity index is 786. The second kappa shape index (κ2) is 9.22. The van der Waals surface area contributed by atoms with Crippen molar-refractivity contribution < 1.29 is 9.53 Å². The number of fused-ring (bicyclic) bond motifs is 1. The molecule has 0 aromatic heterocycles. The van der Waals surface area contributed by atoms with E-state index in [0.29, 0.717) is 6.42 Å². The van der Waals surface area contributed by atoms with Crippen LogP contribution in [0.4, 0.5) is 5.69 Å². The molecule has 28 heavy (non-hydrogen) atoms. The molecule has 1 saturated heterocycles. The van der Waals surface area contributed by atoms with Crippen molar-refractivity contribution in [2.75, 3.05) is 44.6 Å². The average molecular weight is 380 g/mol. The number of rotatable bonds is 7. The molecule has 0 spiro atoms. The van der Waals surface area contributed by atoms with E-state index in [9.17, 15) is 4.79 Å². The predicted octanol–water partition coefficient (Wildman–Crippen LogP) is 3.16. The van der Waals surface area contributed by atoms with Crippen molar-refractivity contribution in [2.24, 2.45) is 0 Å². The fourth-order valence-electron chi connectivity index (χ4n) is 3.94. The molecule has 148 valence electrons. The lowest BCUT2D eigenvalue weighted by atomic mass is 10.0. The SMILES string of the molecule is O=C1CCc2cc(OCCCN3CCN(Cc4ccccc4)CC3)ccc2N1. The number of hydrogen-bond donors (Lipinski definition) is 1. The number of aryl methyl sites for hydroxylation is 1. The maximum absolute atomic E-state index is 11.4. The van der Waals surface area contributed by atoms with Crippen molar-refractivity contribution in [2.45, 2.75) is 25.8 Å². The minimum absolute atomic E-state index is 0.102. The van der Waals surface area contributed by atoms with Crippen LogP contribution in [-0.2, 0) is 17.8 Å². The van der Waals surface area contributed by atoms with E-state index < -0.39 is 0 Å². The number of piperazine rings is 1. The normalized spacial score (nSPS) is 17.8. The van der Waals surface area contributed by atoms with E-state index in [4.69, 9.17) is 4.74 Å². The molecule has 0 aliphatic carbocycles. The Morgan fingerprint density at radius 2 is 1.71 bits per heavy atom. The summed E-state index contributed by atoms with van der Waals surface area (Å²) < 4.78 is 5.94. The number of benzene rings is 2. The van der Waals surface area contributed by atoms with Gasteiger partial charge in [-0.05, 0) is 42.2 Å². The van der Waals surface area contributed by atoms with E-state index >= 15 is 0 Å². The summed E-state index contributed by atoms with van der Waals surface area (Å²) in [4.78, 5) is 16.5. The summed E-state index contributed by atoms with van der Waals surface area (Å²) in [6, 6.07) is 16.7. The highest BCUT2D eigenvalue weighted by atomic mass is 16.5. The van der Waals surface area contributed by atoms with Gasteiger partial charge in [-0.3, -0.25) is 9.69 Å². The van der Waals surface area contributed by atoms with Crippen LogP contribution in [0.2, 0.25) is 0 Å². The lowest BCUT2D eigenvalue weighted by molar-refractivity contribution is -0.116. The molecule has 2 aliphatic heterocycles. The van der Waals surface area contributed by atoms with Crippen LogP contribution in [0.15, 0.2) is 48.5 Å². The number of ether oxygens (including phenoxy) is 1. The van der Waals surface area contributed by atoms with E-state index in [-0.39, 0.29) is 5.91 Å². The number of carbonyl (C=O) groups is 1. The molecule has 2 aromatic carbocycles. The summed E-state index contributed by atoms with van der Waals surface area (Å²) in [5.41, 5.74) is 3.50. The van der Waals surface area contributed by atoms with Gasteiger partial charge in [-0.2, -0.15) is 0 Å². The molecule has 1 fully saturated rings. The highest BCUT2D eigenvalue weighted by molar-refractivity contribution is 5.93. The number of nitrogens with zero attached hydrogens (tertiary/aromatic N) is 2. The molecule has 0 saturated carbocycles. The van der Waals surface area contributed by atoms with Crippen LogP contribution in [0.3, 0.4) is 0 Å². The molecule has 2 aromatic rings. The van der Waals surface area contributed by atoms with E-state index in [1.807, 2.05) is 12.1 Å². The molecule has 0 radical (unpaired) electrons. The van der Waals surface area contributed by atoms with Crippen molar-refractivity contribution >= 4 is 11.6 Å². The first-order valence-electron chi connectivity index (χ1n) is 10.3. The highest BCUT2D eigenvalue weighted by Gasteiger charge is 2.17. The van der Waals surface area contributed by atoms with Crippen LogP contribution < -0.4 is 10.1 Å². The van der Waals surface area contributed by atoms with Crippen molar-refractivity contribution in [3.63, 3.8) is 0 Å². The maximum atomic E-state index is 11.4. The molecular formula is C23H29N3O2. The molecular weight excluding hydrogens is 350 g/mol. The number of nitrogens with one attached hydrogen (secondary N) is 1. The van der Waals surface area contributed by atoms with Gasteiger partial charge in [0, 0.05) is 51.4 Å². The zero-order valence-electron chi connectivity index (χ0n) is 16.4. The van der Waals surface area contributed by atoms with E-state index in [0.717, 1.165) is 70.2 Å². The zero-order valence-corrected chi connectivity index (χ0v) is 16.4. The Hall–Kier alpha value is -2.37. The molecule has 2 aliphatic rings. The molecule has 2 heterocycles. The van der Waals surface area contributed by atoms with Crippen LogP contribution >= 0.6 is 0 Å². The predicted molar refractivity (Wildman–Crippen MR) is 112 cm³/mol. The van der Waals surface area contributed by atoms with Crippen molar-refractivity contribution in [1.82, 2.24) is 9.80 Å². The molecule has 5 nitrogen and oxygen atoms in total. The summed E-state index contributed by atoms with van der Waals surface area (Å²) in [5, 5.41) is 2.91. The van der Waals surface area contributed by atoms with Gasteiger partial charge in [-0.1, -0.05) is 30.3 Å². The number of hydrogen-bond acceptors (Lipinski definition) is 4. The van der Waals surface area contributed by atoms with E-state index in [1.165, 1.54) is 11.1 Å². The highest BCUT2D eigenvalue weighted by Crippen LogP contribution is 2.26. The van der Waals surface area contributed by atoms with Crippen molar-refractivity contribution in [3.8, 4) is 5.75 Å². The third-order valence-electron chi connectivity index (χ3n) is 5.57. The third kappa shape index (κ3) is 5.12. The Labute approximate surface area is 167 Å². The van der Waals surface area contributed by atoms with Crippen LogP contribution in [0.5, 0.6) is 5.75 Å². The smallest absolute Gasteiger partial charge is 0.224 e. The Morgan fingerprint density at radius 3 is 2.54 bits per heavy atom. The quantitative estimate of drug-likeness (QED) is 0.751. The van der Waals surface area contributed by atoms with Crippen LogP contribution in [0.1, 0.15) is 24.0 Å². The fourth-order valence-corrected chi connectivity index (χ4v) is 3.94. The molecule has 4 rings (SSSR count). The molecule has 0 atom stereocenters. The molecule has 5 heteroatoms. The van der Waals surface area contributed by atoms with Gasteiger partial charge < -0.3 is 15.0 Å². The van der Waals surface area contributed by atoms with Gasteiger partial charge in [0.2, 0.25) is 5.91 Å². The summed E-state index contributed by atoms with van der Waals surface area (Å²) in [6.07, 6.45) is 2.39. The Morgan fingerprint density at radius 1 is 0.929 bits per heavy atom. The van der Waals surface area contributed by atoms with Crippen LogP contribution in [0, 0.1) is 0 Å². The topological polar surface area (TPSA) is 44.8 Å². The minimum Gasteiger partial charge on any atom is -0.494 e. The number of anilines is 1. The maximum Gasteiger partial charge on any atom is 0.224 e. The second-order valence-corrected chi connectivity index (χ2v) is 7.67. The average Bonchev–Trinajstić information content (AvgIpc) is 2.73. The van der Waals surface area contributed by atoms with Gasteiger partial charge in [-0.15, -0.1) is 0 Å². The van der Waals surface area contributed by atoms with Gasteiger partial charge in [0.05, 0.1) is 6.61 Å². The summed E-state index contributed by atoms with van der Waals surface area (Å²) >= 11 is 0. The first kappa shape index (κ1) is 19.0. The fraction of sp³-hybridized carbons (Fsp3) is 0.435. The summed E-state index contributed by atoms with van der Waals surface area (Å²) in [7, 11) is 0. The van der Waals surface area contributed by atoms with Crippen LogP contribution in [-0.4, -0.2) is 55.0 Å². The van der Waals surface area contributed by atoms with Crippen LogP contribution in [0.25, 0.3) is 0 Å². The standard InChI is InChI=1S/C23H29N3O2/c27-23-10-7-20-17-21(8-9-22(20)24-23)28-16-4-11-25-12-14-26(15-13-25)18-19-5-2-1-3-6-19/h1-3,5-6,8-9,17H,4,7,10-16,18H2,(H,24,27). The third-order valence-corrected chi connectivity index (χ3v) is 5.57. The monoisotopic (exact) mass is 379 g/mol. The molecule has 1 amide bonds. The second-order valence-electron chi connectivity index (χ2n) is 7.67. The van der Waals surface area contributed by atoms with E-state index in [2.05, 4.69) is 51.5 Å². The number of amides is 1. The number of carbonyl (C=O) groups excluding carboxylic acids is 1. The van der Waals surface area contributed by atoms with Gasteiger partial charge in [-0.25, -0.2) is 0 Å². The first-order valence-corrected chi connectivity index (χ1v) is 10.3. The Kier molecular flexibility index (Phi) is 6.24. The zero-order chi connectivity index (χ0) is 19.2. The molecule has 0 unspecified atom stereocenters. The van der Waals surface area contributed by atoms with Gasteiger partial charge in [0.1, 0.15) is 5.75 Å². The molecule has 0 bridgehead atoms. The Balaban J connectivity index is 1.14. The van der Waals surface area contributed by atoms with Crippen molar-refractivity contribution in [3.05, 3.63) is 59.7 Å². The summed E-state index contributed by atoms with van der Waals surface area (Å²) in [6.45, 7) is 7.39. The largest absolute Gasteiger partial charge is 0.494 e. The lowest BCUT2D eigenvalue weighted by Gasteiger charge is -2.34.